The molecule has 2 rings (SSSR count). The number of hydrogen-bond acceptors (Lipinski definition) is 4. The van der Waals surface area contributed by atoms with Crippen molar-refractivity contribution in [1.29, 1.82) is 0 Å². The molecular formula is C12H14FN3O. The minimum Gasteiger partial charge on any atom is -0.334 e. The van der Waals surface area contributed by atoms with Crippen molar-refractivity contribution in [2.75, 3.05) is 0 Å². The van der Waals surface area contributed by atoms with Gasteiger partial charge in [-0.15, -0.1) is 0 Å². The molecule has 90 valence electrons. The lowest BCUT2D eigenvalue weighted by Gasteiger charge is -2.03. The molecule has 1 N–H and O–H groups in total. The summed E-state index contributed by atoms with van der Waals surface area (Å²) in [6.45, 7) is 4.56. The van der Waals surface area contributed by atoms with Gasteiger partial charge in [-0.1, -0.05) is 31.1 Å². The van der Waals surface area contributed by atoms with E-state index in [1.165, 1.54) is 6.07 Å². The minimum absolute atomic E-state index is 0.212. The van der Waals surface area contributed by atoms with Gasteiger partial charge in [0.1, 0.15) is 5.82 Å². The Morgan fingerprint density at radius 1 is 1.35 bits per heavy atom. The normalized spacial score (nSPS) is 11.1. The van der Waals surface area contributed by atoms with Gasteiger partial charge in [0, 0.05) is 6.04 Å². The lowest BCUT2D eigenvalue weighted by atomic mass is 10.2. The van der Waals surface area contributed by atoms with Crippen LogP contribution in [-0.4, -0.2) is 16.2 Å². The first-order valence-corrected chi connectivity index (χ1v) is 5.47. The molecule has 0 amide bonds. The van der Waals surface area contributed by atoms with E-state index in [0.717, 1.165) is 0 Å². The lowest BCUT2D eigenvalue weighted by molar-refractivity contribution is 0.415. The van der Waals surface area contributed by atoms with Crippen molar-refractivity contribution in [1.82, 2.24) is 15.5 Å². The van der Waals surface area contributed by atoms with Crippen LogP contribution >= 0.6 is 0 Å². The first-order valence-electron chi connectivity index (χ1n) is 5.47. The summed E-state index contributed by atoms with van der Waals surface area (Å²) in [5.74, 6) is 0.375. The highest BCUT2D eigenvalue weighted by molar-refractivity contribution is 5.53. The third-order valence-electron chi connectivity index (χ3n) is 2.24. The predicted molar refractivity (Wildman–Crippen MR) is 61.7 cm³/mol. The van der Waals surface area contributed by atoms with Gasteiger partial charge >= 0.3 is 0 Å². The second-order valence-electron chi connectivity index (χ2n) is 4.03. The fraction of sp³-hybridized carbons (Fsp3) is 0.333. The number of aromatic nitrogens is 2. The number of rotatable bonds is 4. The van der Waals surface area contributed by atoms with Crippen LogP contribution in [0.15, 0.2) is 28.8 Å². The van der Waals surface area contributed by atoms with E-state index in [1.807, 2.05) is 13.8 Å². The van der Waals surface area contributed by atoms with Crippen LogP contribution in [-0.2, 0) is 6.54 Å². The summed E-state index contributed by atoms with van der Waals surface area (Å²) in [4.78, 5) is 4.13. The Morgan fingerprint density at radius 3 is 2.82 bits per heavy atom. The Kier molecular flexibility index (Phi) is 3.49. The zero-order chi connectivity index (χ0) is 12.3. The molecule has 4 nitrogen and oxygen atoms in total. The number of halogens is 1. The molecule has 2 aromatic rings. The summed E-state index contributed by atoms with van der Waals surface area (Å²) in [6, 6.07) is 6.67. The zero-order valence-corrected chi connectivity index (χ0v) is 9.77. The molecule has 0 fully saturated rings. The second-order valence-corrected chi connectivity index (χ2v) is 4.03. The quantitative estimate of drug-likeness (QED) is 0.883. The number of nitrogens with one attached hydrogen (secondary N) is 1. The maximum Gasteiger partial charge on any atom is 0.260 e. The van der Waals surface area contributed by atoms with Crippen molar-refractivity contribution in [3.8, 4) is 11.5 Å². The minimum atomic E-state index is -0.362. The van der Waals surface area contributed by atoms with E-state index in [-0.39, 0.29) is 11.7 Å². The molecule has 0 spiro atoms. The maximum absolute atomic E-state index is 13.5. The van der Waals surface area contributed by atoms with Crippen molar-refractivity contribution < 1.29 is 8.91 Å². The number of benzene rings is 1. The molecule has 0 saturated carbocycles. The highest BCUT2D eigenvalue weighted by atomic mass is 19.1. The number of hydrogen-bond donors (Lipinski definition) is 1. The molecule has 1 aromatic heterocycles. The van der Waals surface area contributed by atoms with Gasteiger partial charge in [0.25, 0.3) is 5.89 Å². The van der Waals surface area contributed by atoms with Crippen molar-refractivity contribution in [3.63, 3.8) is 0 Å². The Morgan fingerprint density at radius 2 is 2.12 bits per heavy atom. The standard InChI is InChI=1S/C12H14FN3O/c1-8(2)14-7-11-15-12(17-16-11)9-5-3-4-6-10(9)13/h3-6,8,14H,7H2,1-2H3. The Balaban J connectivity index is 2.16. The average molecular weight is 235 g/mol. The molecule has 0 radical (unpaired) electrons. The molecule has 1 heterocycles. The summed E-state index contributed by atoms with van der Waals surface area (Å²) in [6.07, 6.45) is 0. The summed E-state index contributed by atoms with van der Waals surface area (Å²) in [7, 11) is 0. The van der Waals surface area contributed by atoms with Crippen LogP contribution in [0.25, 0.3) is 11.5 Å². The van der Waals surface area contributed by atoms with Crippen molar-refractivity contribution in [2.24, 2.45) is 0 Å². The van der Waals surface area contributed by atoms with Crippen molar-refractivity contribution in [3.05, 3.63) is 35.9 Å². The first kappa shape index (κ1) is 11.7. The number of nitrogens with zero attached hydrogens (tertiary/aromatic N) is 2. The SMILES string of the molecule is CC(C)NCc1noc(-c2ccccc2F)n1. The summed E-state index contributed by atoms with van der Waals surface area (Å²) < 4.78 is 18.5. The van der Waals surface area contributed by atoms with Crippen LogP contribution in [0.5, 0.6) is 0 Å². The van der Waals surface area contributed by atoms with Gasteiger partial charge in [0.2, 0.25) is 0 Å². The molecular weight excluding hydrogens is 221 g/mol. The monoisotopic (exact) mass is 235 g/mol. The van der Waals surface area contributed by atoms with Crippen molar-refractivity contribution >= 4 is 0 Å². The molecule has 0 aliphatic carbocycles. The molecule has 1 aromatic carbocycles. The van der Waals surface area contributed by atoms with Crippen LogP contribution in [0.3, 0.4) is 0 Å². The predicted octanol–water partition coefficient (Wildman–Crippen LogP) is 2.37. The molecule has 17 heavy (non-hydrogen) atoms. The summed E-state index contributed by atoms with van der Waals surface area (Å²) in [5.41, 5.74) is 0.329. The van der Waals surface area contributed by atoms with E-state index in [9.17, 15) is 4.39 Å². The Bertz CT molecular complexity index is 496. The molecule has 0 atom stereocenters. The smallest absolute Gasteiger partial charge is 0.260 e. The van der Waals surface area contributed by atoms with Crippen LogP contribution in [0.4, 0.5) is 4.39 Å². The Labute approximate surface area is 98.8 Å². The van der Waals surface area contributed by atoms with E-state index in [4.69, 9.17) is 4.52 Å². The molecule has 0 unspecified atom stereocenters. The van der Waals surface area contributed by atoms with Gasteiger partial charge in [-0.05, 0) is 12.1 Å². The first-order chi connectivity index (χ1) is 8.16. The average Bonchev–Trinajstić information content (AvgIpc) is 2.75. The fourth-order valence-corrected chi connectivity index (χ4v) is 1.37. The second kappa shape index (κ2) is 5.05. The summed E-state index contributed by atoms with van der Waals surface area (Å²) in [5, 5.41) is 6.95. The van der Waals surface area contributed by atoms with Gasteiger partial charge in [-0.2, -0.15) is 4.98 Å². The van der Waals surface area contributed by atoms with Gasteiger partial charge in [-0.25, -0.2) is 4.39 Å². The molecule has 0 bridgehead atoms. The topological polar surface area (TPSA) is 51.0 Å². The third-order valence-corrected chi connectivity index (χ3v) is 2.24. The largest absolute Gasteiger partial charge is 0.334 e. The molecule has 5 heteroatoms. The van der Waals surface area contributed by atoms with E-state index in [0.29, 0.717) is 24.0 Å². The van der Waals surface area contributed by atoms with Crippen LogP contribution in [0, 0.1) is 5.82 Å². The third kappa shape index (κ3) is 2.88. The van der Waals surface area contributed by atoms with Gasteiger partial charge in [-0.3, -0.25) is 0 Å². The van der Waals surface area contributed by atoms with Gasteiger partial charge in [0.05, 0.1) is 12.1 Å². The molecule has 0 aliphatic heterocycles. The molecule has 0 aliphatic rings. The van der Waals surface area contributed by atoms with Crippen LogP contribution in [0.1, 0.15) is 19.7 Å². The lowest BCUT2D eigenvalue weighted by Crippen LogP contribution is -2.22. The maximum atomic E-state index is 13.5. The summed E-state index contributed by atoms with van der Waals surface area (Å²) >= 11 is 0. The van der Waals surface area contributed by atoms with Crippen molar-refractivity contribution in [2.45, 2.75) is 26.4 Å². The molecule has 0 saturated heterocycles. The van der Waals surface area contributed by atoms with Gasteiger partial charge < -0.3 is 9.84 Å². The zero-order valence-electron chi connectivity index (χ0n) is 9.77. The highest BCUT2D eigenvalue weighted by Gasteiger charge is 2.12. The highest BCUT2D eigenvalue weighted by Crippen LogP contribution is 2.20. The van der Waals surface area contributed by atoms with E-state index in [2.05, 4.69) is 15.5 Å². The van der Waals surface area contributed by atoms with E-state index < -0.39 is 0 Å². The Hall–Kier alpha value is -1.75. The van der Waals surface area contributed by atoms with Crippen LogP contribution in [0.2, 0.25) is 0 Å². The van der Waals surface area contributed by atoms with E-state index in [1.54, 1.807) is 18.2 Å². The van der Waals surface area contributed by atoms with E-state index >= 15 is 0 Å². The fourth-order valence-electron chi connectivity index (χ4n) is 1.37. The van der Waals surface area contributed by atoms with Crippen LogP contribution < -0.4 is 5.32 Å². The van der Waals surface area contributed by atoms with Gasteiger partial charge in [0.15, 0.2) is 5.82 Å².